The predicted octanol–water partition coefficient (Wildman–Crippen LogP) is 3.06. The minimum Gasteiger partial charge on any atom is -0.302 e. The van der Waals surface area contributed by atoms with Crippen molar-refractivity contribution in [2.45, 2.75) is 39.7 Å². The standard InChI is InChI=1S/C13H19F3N2/c1-4-17-10(3)18-8-11-5-6-12(7-9(11)2)13(14,15)16/h5-7,10,17-18H,4,8H2,1-3H3. The van der Waals surface area contributed by atoms with Crippen LogP contribution in [0.2, 0.25) is 0 Å². The van der Waals surface area contributed by atoms with Crippen LogP contribution in [0.25, 0.3) is 0 Å². The molecule has 1 unspecified atom stereocenters. The molecule has 2 nitrogen and oxygen atoms in total. The van der Waals surface area contributed by atoms with Crippen molar-refractivity contribution >= 4 is 0 Å². The number of rotatable bonds is 5. The SMILES string of the molecule is CCNC(C)NCc1ccc(C(F)(F)F)cc1C. The molecule has 0 saturated carbocycles. The molecular weight excluding hydrogens is 241 g/mol. The van der Waals surface area contributed by atoms with Gasteiger partial charge in [-0.05, 0) is 43.7 Å². The van der Waals surface area contributed by atoms with Crippen LogP contribution in [-0.4, -0.2) is 12.7 Å². The average Bonchev–Trinajstić information content (AvgIpc) is 2.26. The highest BCUT2D eigenvalue weighted by atomic mass is 19.4. The van der Waals surface area contributed by atoms with E-state index in [-0.39, 0.29) is 6.17 Å². The van der Waals surface area contributed by atoms with Crippen LogP contribution in [0.4, 0.5) is 13.2 Å². The molecule has 1 aromatic rings. The van der Waals surface area contributed by atoms with Crippen molar-refractivity contribution in [3.63, 3.8) is 0 Å². The summed E-state index contributed by atoms with van der Waals surface area (Å²) >= 11 is 0. The lowest BCUT2D eigenvalue weighted by Gasteiger charge is -2.16. The molecule has 1 rings (SSSR count). The summed E-state index contributed by atoms with van der Waals surface area (Å²) in [5.41, 5.74) is 0.942. The monoisotopic (exact) mass is 260 g/mol. The Morgan fingerprint density at radius 1 is 1.22 bits per heavy atom. The fraction of sp³-hybridized carbons (Fsp3) is 0.538. The van der Waals surface area contributed by atoms with E-state index in [1.165, 1.54) is 12.1 Å². The van der Waals surface area contributed by atoms with Gasteiger partial charge in [0.2, 0.25) is 0 Å². The zero-order chi connectivity index (χ0) is 13.8. The molecular formula is C13H19F3N2. The Balaban J connectivity index is 2.69. The maximum Gasteiger partial charge on any atom is 0.416 e. The summed E-state index contributed by atoms with van der Waals surface area (Å²) in [5.74, 6) is 0. The highest BCUT2D eigenvalue weighted by Crippen LogP contribution is 2.30. The van der Waals surface area contributed by atoms with Gasteiger partial charge in [0.05, 0.1) is 11.7 Å². The zero-order valence-electron chi connectivity index (χ0n) is 10.9. The molecule has 18 heavy (non-hydrogen) atoms. The lowest BCUT2D eigenvalue weighted by Crippen LogP contribution is -2.39. The molecule has 102 valence electrons. The Kier molecular flexibility index (Phi) is 5.16. The van der Waals surface area contributed by atoms with Gasteiger partial charge in [0.15, 0.2) is 0 Å². The van der Waals surface area contributed by atoms with Gasteiger partial charge >= 0.3 is 6.18 Å². The number of benzene rings is 1. The van der Waals surface area contributed by atoms with Crippen molar-refractivity contribution in [3.05, 3.63) is 34.9 Å². The Labute approximate surface area is 106 Å². The summed E-state index contributed by atoms with van der Waals surface area (Å²) in [4.78, 5) is 0. The number of alkyl halides is 3. The second-order valence-electron chi connectivity index (χ2n) is 4.30. The van der Waals surface area contributed by atoms with E-state index < -0.39 is 11.7 Å². The first kappa shape index (κ1) is 15.0. The molecule has 0 aromatic heterocycles. The van der Waals surface area contributed by atoms with Gasteiger partial charge in [-0.15, -0.1) is 0 Å². The summed E-state index contributed by atoms with van der Waals surface area (Å²) < 4.78 is 37.5. The normalized spacial score (nSPS) is 13.7. The largest absolute Gasteiger partial charge is 0.416 e. The van der Waals surface area contributed by atoms with Gasteiger partial charge in [-0.25, -0.2) is 0 Å². The van der Waals surface area contributed by atoms with Crippen LogP contribution in [0.15, 0.2) is 18.2 Å². The third-order valence-corrected chi connectivity index (χ3v) is 2.78. The fourth-order valence-electron chi connectivity index (χ4n) is 1.71. The van der Waals surface area contributed by atoms with E-state index in [0.717, 1.165) is 18.2 Å². The van der Waals surface area contributed by atoms with Gasteiger partial charge < -0.3 is 5.32 Å². The number of hydrogen-bond donors (Lipinski definition) is 2. The molecule has 1 atom stereocenters. The highest BCUT2D eigenvalue weighted by molar-refractivity contribution is 5.32. The third kappa shape index (κ3) is 4.31. The molecule has 0 aliphatic heterocycles. The van der Waals surface area contributed by atoms with E-state index >= 15 is 0 Å². The van der Waals surface area contributed by atoms with E-state index in [1.54, 1.807) is 6.92 Å². The van der Waals surface area contributed by atoms with Gasteiger partial charge in [0.1, 0.15) is 0 Å². The van der Waals surface area contributed by atoms with Crippen molar-refractivity contribution in [2.24, 2.45) is 0 Å². The molecule has 0 fully saturated rings. The molecule has 0 saturated heterocycles. The van der Waals surface area contributed by atoms with Gasteiger partial charge in [0, 0.05) is 6.54 Å². The maximum atomic E-state index is 12.5. The molecule has 0 aliphatic carbocycles. The quantitative estimate of drug-likeness (QED) is 0.795. The molecule has 5 heteroatoms. The molecule has 0 spiro atoms. The first-order valence-corrected chi connectivity index (χ1v) is 5.98. The molecule has 0 heterocycles. The Morgan fingerprint density at radius 2 is 1.89 bits per heavy atom. The topological polar surface area (TPSA) is 24.1 Å². The van der Waals surface area contributed by atoms with Gasteiger partial charge in [-0.2, -0.15) is 13.2 Å². The van der Waals surface area contributed by atoms with Crippen LogP contribution >= 0.6 is 0 Å². The van der Waals surface area contributed by atoms with Crippen LogP contribution < -0.4 is 10.6 Å². The number of hydrogen-bond acceptors (Lipinski definition) is 2. The summed E-state index contributed by atoms with van der Waals surface area (Å²) in [6.07, 6.45) is -4.13. The van der Waals surface area contributed by atoms with E-state index in [9.17, 15) is 13.2 Å². The summed E-state index contributed by atoms with van der Waals surface area (Å²) in [6, 6.07) is 3.85. The van der Waals surface area contributed by atoms with E-state index in [1.807, 2.05) is 13.8 Å². The van der Waals surface area contributed by atoms with Crippen LogP contribution in [0, 0.1) is 6.92 Å². The molecule has 2 N–H and O–H groups in total. The molecule has 1 aromatic carbocycles. The second kappa shape index (κ2) is 6.20. The van der Waals surface area contributed by atoms with Crippen molar-refractivity contribution in [1.82, 2.24) is 10.6 Å². The first-order chi connectivity index (χ1) is 8.34. The number of aryl methyl sites for hydroxylation is 1. The van der Waals surface area contributed by atoms with Gasteiger partial charge in [-0.1, -0.05) is 13.0 Å². The van der Waals surface area contributed by atoms with Crippen LogP contribution in [0.3, 0.4) is 0 Å². The molecule has 0 aliphatic rings. The Bertz CT molecular complexity index is 388. The van der Waals surface area contributed by atoms with Crippen molar-refractivity contribution in [2.75, 3.05) is 6.54 Å². The Morgan fingerprint density at radius 3 is 2.39 bits per heavy atom. The summed E-state index contributed by atoms with van der Waals surface area (Å²) in [7, 11) is 0. The molecule has 0 bridgehead atoms. The average molecular weight is 260 g/mol. The van der Waals surface area contributed by atoms with E-state index in [4.69, 9.17) is 0 Å². The predicted molar refractivity (Wildman–Crippen MR) is 66.2 cm³/mol. The molecule has 0 amide bonds. The first-order valence-electron chi connectivity index (χ1n) is 5.98. The summed E-state index contributed by atoms with van der Waals surface area (Å²) in [6.45, 7) is 7.08. The van der Waals surface area contributed by atoms with Gasteiger partial charge in [-0.3, -0.25) is 5.32 Å². The highest BCUT2D eigenvalue weighted by Gasteiger charge is 2.30. The third-order valence-electron chi connectivity index (χ3n) is 2.78. The van der Waals surface area contributed by atoms with Crippen molar-refractivity contribution in [1.29, 1.82) is 0 Å². The van der Waals surface area contributed by atoms with Crippen LogP contribution in [0.1, 0.15) is 30.5 Å². The van der Waals surface area contributed by atoms with Gasteiger partial charge in [0.25, 0.3) is 0 Å². The smallest absolute Gasteiger partial charge is 0.302 e. The van der Waals surface area contributed by atoms with E-state index in [0.29, 0.717) is 12.1 Å². The Hall–Kier alpha value is -1.07. The van der Waals surface area contributed by atoms with Crippen LogP contribution in [0.5, 0.6) is 0 Å². The second-order valence-corrected chi connectivity index (χ2v) is 4.30. The minimum atomic E-state index is -4.27. The van der Waals surface area contributed by atoms with E-state index in [2.05, 4.69) is 10.6 Å². The number of halogens is 3. The minimum absolute atomic E-state index is 0.136. The zero-order valence-corrected chi connectivity index (χ0v) is 10.9. The summed E-state index contributed by atoms with van der Waals surface area (Å²) in [5, 5.41) is 6.39. The van der Waals surface area contributed by atoms with Crippen molar-refractivity contribution in [3.8, 4) is 0 Å². The fourth-order valence-corrected chi connectivity index (χ4v) is 1.71. The van der Waals surface area contributed by atoms with Crippen LogP contribution in [-0.2, 0) is 12.7 Å². The number of nitrogens with one attached hydrogen (secondary N) is 2. The maximum absolute atomic E-state index is 12.5. The van der Waals surface area contributed by atoms with Crippen molar-refractivity contribution < 1.29 is 13.2 Å². The lowest BCUT2D eigenvalue weighted by molar-refractivity contribution is -0.137. The lowest BCUT2D eigenvalue weighted by atomic mass is 10.0. The molecule has 0 radical (unpaired) electrons.